The Morgan fingerprint density at radius 1 is 1.19 bits per heavy atom. The Kier molecular flexibility index (Phi) is 6.87. The largest absolute Gasteiger partial charge is 0.384 e. The molecule has 8 nitrogen and oxygen atoms in total. The molecular weight excluding hydrogens is 466 g/mol. The van der Waals surface area contributed by atoms with Crippen LogP contribution in [0.4, 0.5) is 5.82 Å². The molecule has 1 aromatic carbocycles. The van der Waals surface area contributed by atoms with Crippen LogP contribution in [0.5, 0.6) is 0 Å². The molecule has 1 aliphatic rings. The third-order valence-corrected chi connectivity index (χ3v) is 8.36. The minimum absolute atomic E-state index is 0.00782. The van der Waals surface area contributed by atoms with Crippen molar-refractivity contribution in [3.05, 3.63) is 61.8 Å². The van der Waals surface area contributed by atoms with Crippen molar-refractivity contribution >= 4 is 46.5 Å². The van der Waals surface area contributed by atoms with E-state index in [-0.39, 0.29) is 23.2 Å². The van der Waals surface area contributed by atoms with Crippen molar-refractivity contribution in [1.82, 2.24) is 19.7 Å². The van der Waals surface area contributed by atoms with E-state index in [1.807, 2.05) is 0 Å². The lowest BCUT2D eigenvalue weighted by molar-refractivity contribution is 0.102. The number of carbonyl (C=O) groups is 1. The maximum atomic E-state index is 12.7. The number of nitrogens with zero attached hydrogens (tertiary/aromatic N) is 3. The predicted octanol–water partition coefficient (Wildman–Crippen LogP) is 3.70. The van der Waals surface area contributed by atoms with E-state index in [0.717, 1.165) is 22.9 Å². The van der Waals surface area contributed by atoms with E-state index in [4.69, 9.17) is 5.73 Å². The van der Waals surface area contributed by atoms with Crippen LogP contribution >= 0.6 is 34.9 Å². The lowest BCUT2D eigenvalue weighted by Gasteiger charge is -2.10. The highest BCUT2D eigenvalue weighted by Crippen LogP contribution is 2.35. The highest BCUT2D eigenvalue weighted by atomic mass is 32.2. The van der Waals surface area contributed by atoms with Gasteiger partial charge in [0.25, 0.3) is 5.56 Å². The number of Topliss-reactive ketones (excluding diaryl/α,β-unsaturated/α-hetero) is 1. The van der Waals surface area contributed by atoms with Gasteiger partial charge in [0, 0.05) is 11.8 Å². The van der Waals surface area contributed by atoms with Crippen LogP contribution in [0.25, 0.3) is 0 Å². The van der Waals surface area contributed by atoms with Gasteiger partial charge in [-0.2, -0.15) is 0 Å². The highest BCUT2D eigenvalue weighted by molar-refractivity contribution is 8.03. The molecular formula is C21H23N5O3S3. The van der Waals surface area contributed by atoms with Gasteiger partial charge in [0.15, 0.2) is 14.5 Å². The SMILES string of the molecule is CC(C)c1ccc(CSc2nnc(SCC(=O)c3c(N)n(C4CC4)c(=O)[nH]c3=O)s2)cc1. The monoisotopic (exact) mass is 489 g/mol. The van der Waals surface area contributed by atoms with Crippen molar-refractivity contribution in [2.45, 2.75) is 53.1 Å². The number of aromatic amines is 1. The zero-order valence-electron chi connectivity index (χ0n) is 17.7. The lowest BCUT2D eigenvalue weighted by atomic mass is 10.0. The van der Waals surface area contributed by atoms with Crippen molar-refractivity contribution in [3.63, 3.8) is 0 Å². The Morgan fingerprint density at radius 3 is 2.47 bits per heavy atom. The maximum absolute atomic E-state index is 12.7. The lowest BCUT2D eigenvalue weighted by Crippen LogP contribution is -2.36. The number of nitrogen functional groups attached to an aromatic ring is 1. The molecule has 1 aliphatic carbocycles. The first-order chi connectivity index (χ1) is 15.3. The van der Waals surface area contributed by atoms with E-state index in [0.29, 0.717) is 10.3 Å². The molecule has 11 heteroatoms. The fourth-order valence-corrected chi connectivity index (χ4v) is 6.04. The van der Waals surface area contributed by atoms with Gasteiger partial charge in [-0.25, -0.2) is 4.79 Å². The summed E-state index contributed by atoms with van der Waals surface area (Å²) >= 11 is 4.21. The van der Waals surface area contributed by atoms with E-state index in [2.05, 4.69) is 53.3 Å². The molecule has 0 atom stereocenters. The Bertz CT molecular complexity index is 1240. The molecule has 0 radical (unpaired) electrons. The Labute approximate surface area is 197 Å². The highest BCUT2D eigenvalue weighted by Gasteiger charge is 2.30. The molecule has 1 fully saturated rings. The molecule has 1 saturated carbocycles. The third-order valence-electron chi connectivity index (χ3n) is 5.10. The number of H-pyrrole nitrogens is 1. The summed E-state index contributed by atoms with van der Waals surface area (Å²) in [7, 11) is 0. The number of hydrogen-bond acceptors (Lipinski definition) is 9. The summed E-state index contributed by atoms with van der Waals surface area (Å²) in [6, 6.07) is 8.50. The van der Waals surface area contributed by atoms with Gasteiger partial charge >= 0.3 is 5.69 Å². The number of rotatable bonds is 9. The number of thioether (sulfide) groups is 2. The number of nitrogens with two attached hydrogens (primary N) is 1. The molecule has 2 heterocycles. The van der Waals surface area contributed by atoms with Gasteiger partial charge in [-0.05, 0) is 29.9 Å². The summed E-state index contributed by atoms with van der Waals surface area (Å²) in [6.07, 6.45) is 1.62. The Balaban J connectivity index is 1.36. The summed E-state index contributed by atoms with van der Waals surface area (Å²) in [5, 5.41) is 8.31. The van der Waals surface area contributed by atoms with Gasteiger partial charge in [-0.15, -0.1) is 10.2 Å². The average Bonchev–Trinajstić information content (AvgIpc) is 3.47. The minimum atomic E-state index is -0.744. The molecule has 2 aromatic heterocycles. The first-order valence-corrected chi connectivity index (χ1v) is 13.0. The molecule has 168 valence electrons. The van der Waals surface area contributed by atoms with Crippen LogP contribution in [0, 0.1) is 0 Å². The predicted molar refractivity (Wildman–Crippen MR) is 129 cm³/mol. The van der Waals surface area contributed by atoms with Gasteiger partial charge in [-0.3, -0.25) is 19.1 Å². The maximum Gasteiger partial charge on any atom is 0.330 e. The number of nitrogens with one attached hydrogen (secondary N) is 1. The van der Waals surface area contributed by atoms with Gasteiger partial charge in [0.2, 0.25) is 0 Å². The summed E-state index contributed by atoms with van der Waals surface area (Å²) in [5.74, 6) is 0.795. The topological polar surface area (TPSA) is 124 Å². The minimum Gasteiger partial charge on any atom is -0.384 e. The summed E-state index contributed by atoms with van der Waals surface area (Å²) < 4.78 is 2.77. The number of aromatic nitrogens is 4. The molecule has 4 rings (SSSR count). The van der Waals surface area contributed by atoms with E-state index in [1.165, 1.54) is 38.8 Å². The van der Waals surface area contributed by atoms with E-state index >= 15 is 0 Å². The molecule has 0 bridgehead atoms. The molecule has 3 aromatic rings. The molecule has 0 unspecified atom stereocenters. The third kappa shape index (κ3) is 5.16. The first kappa shape index (κ1) is 22.8. The normalized spacial score (nSPS) is 13.6. The summed E-state index contributed by atoms with van der Waals surface area (Å²) in [6.45, 7) is 4.34. The molecule has 0 aliphatic heterocycles. The van der Waals surface area contributed by atoms with Crippen LogP contribution in [-0.2, 0) is 5.75 Å². The number of carbonyl (C=O) groups excluding carboxylic acids is 1. The Hall–Kier alpha value is -2.37. The second kappa shape index (κ2) is 9.63. The van der Waals surface area contributed by atoms with Gasteiger partial charge in [0.05, 0.1) is 5.75 Å². The zero-order valence-corrected chi connectivity index (χ0v) is 20.1. The second-order valence-electron chi connectivity index (χ2n) is 7.85. The molecule has 0 amide bonds. The van der Waals surface area contributed by atoms with Crippen LogP contribution in [-0.4, -0.2) is 31.3 Å². The standard InChI is InChI=1S/C21H23N5O3S3/c1-11(2)13-5-3-12(4-6-13)9-30-20-24-25-21(32-20)31-10-15(27)16-17(22)26(14-7-8-14)19(29)23-18(16)28/h3-6,11,14H,7-10,22H2,1-2H3,(H,23,28,29). The smallest absolute Gasteiger partial charge is 0.330 e. The van der Waals surface area contributed by atoms with Crippen LogP contribution in [0.1, 0.15) is 60.1 Å². The van der Waals surface area contributed by atoms with E-state index in [9.17, 15) is 14.4 Å². The van der Waals surface area contributed by atoms with Crippen LogP contribution < -0.4 is 17.0 Å². The van der Waals surface area contributed by atoms with E-state index in [1.54, 1.807) is 11.8 Å². The van der Waals surface area contributed by atoms with Crippen molar-refractivity contribution in [3.8, 4) is 0 Å². The number of benzene rings is 1. The Morgan fingerprint density at radius 2 is 1.84 bits per heavy atom. The average molecular weight is 490 g/mol. The quantitative estimate of drug-likeness (QED) is 0.344. The van der Waals surface area contributed by atoms with Gasteiger partial charge in [-0.1, -0.05) is 73.0 Å². The number of anilines is 1. The van der Waals surface area contributed by atoms with Crippen molar-refractivity contribution in [1.29, 1.82) is 0 Å². The first-order valence-electron chi connectivity index (χ1n) is 10.2. The summed E-state index contributed by atoms with van der Waals surface area (Å²) in [5.41, 5.74) is 7.05. The van der Waals surface area contributed by atoms with Gasteiger partial charge in [0.1, 0.15) is 11.4 Å². The molecule has 32 heavy (non-hydrogen) atoms. The fraction of sp³-hybridized carbons (Fsp3) is 0.381. The van der Waals surface area contributed by atoms with Crippen molar-refractivity contribution < 1.29 is 4.79 Å². The van der Waals surface area contributed by atoms with E-state index < -0.39 is 17.0 Å². The van der Waals surface area contributed by atoms with Crippen molar-refractivity contribution in [2.24, 2.45) is 0 Å². The van der Waals surface area contributed by atoms with Crippen LogP contribution in [0.3, 0.4) is 0 Å². The van der Waals surface area contributed by atoms with Crippen LogP contribution in [0.15, 0.2) is 42.5 Å². The molecule has 0 saturated heterocycles. The summed E-state index contributed by atoms with van der Waals surface area (Å²) in [4.78, 5) is 39.1. The number of ketones is 1. The second-order valence-corrected chi connectivity index (χ2v) is 11.3. The molecule has 0 spiro atoms. The van der Waals surface area contributed by atoms with Crippen molar-refractivity contribution in [2.75, 3.05) is 11.5 Å². The molecule has 3 N–H and O–H groups in total. The fourth-order valence-electron chi connectivity index (χ4n) is 3.19. The number of hydrogen-bond donors (Lipinski definition) is 2. The van der Waals surface area contributed by atoms with Crippen LogP contribution in [0.2, 0.25) is 0 Å². The zero-order chi connectivity index (χ0) is 22.8. The van der Waals surface area contributed by atoms with Gasteiger partial charge < -0.3 is 5.73 Å².